The van der Waals surface area contributed by atoms with Gasteiger partial charge in [0, 0.05) is 20.0 Å². The minimum Gasteiger partial charge on any atom is -0.396 e. The monoisotopic (exact) mass is 441 g/mol. The van der Waals surface area contributed by atoms with Gasteiger partial charge in [0.2, 0.25) is 0 Å². The summed E-state index contributed by atoms with van der Waals surface area (Å²) in [4.78, 5) is 13.7. The van der Waals surface area contributed by atoms with Gasteiger partial charge in [-0.1, -0.05) is 60.8 Å². The van der Waals surface area contributed by atoms with Gasteiger partial charge in [-0.3, -0.25) is 4.79 Å². The number of hydrogen-bond donors (Lipinski definition) is 0. The molecule has 2 unspecified atom stereocenters. The topological polar surface area (TPSA) is 38.8 Å². The van der Waals surface area contributed by atoms with E-state index >= 15 is 0 Å². The molecule has 4 nitrogen and oxygen atoms in total. The largest absolute Gasteiger partial charge is 0.396 e. The lowest BCUT2D eigenvalue weighted by molar-refractivity contribution is -0.123. The van der Waals surface area contributed by atoms with Crippen molar-refractivity contribution in [2.24, 2.45) is 0 Å². The summed E-state index contributed by atoms with van der Waals surface area (Å²) in [7, 11) is -0.858. The van der Waals surface area contributed by atoms with Gasteiger partial charge in [0.1, 0.15) is 6.29 Å². The van der Waals surface area contributed by atoms with Gasteiger partial charge in [-0.25, -0.2) is 0 Å². The van der Waals surface area contributed by atoms with Crippen molar-refractivity contribution in [3.63, 3.8) is 0 Å². The Balaban J connectivity index is 4.56. The van der Waals surface area contributed by atoms with Crippen molar-refractivity contribution in [2.75, 3.05) is 13.6 Å². The molecule has 170 valence electrons. The molecule has 0 aliphatic carbocycles. The van der Waals surface area contributed by atoms with Crippen LogP contribution in [-0.4, -0.2) is 48.8 Å². The molecule has 2 atom stereocenters. The summed E-state index contributed by atoms with van der Waals surface area (Å²) < 4.78 is 12.9. The van der Waals surface area contributed by atoms with Crippen LogP contribution in [0.5, 0.6) is 0 Å². The molecular weight excluding hydrogens is 394 g/mol. The minimum atomic E-state index is -1.34. The highest BCUT2D eigenvalue weighted by molar-refractivity contribution is 6.55. The first-order chi connectivity index (χ1) is 13.3. The van der Waals surface area contributed by atoms with Crippen LogP contribution in [0.4, 0.5) is 0 Å². The molecular formula is C23H47NO3Si2. The third-order valence-corrected chi connectivity index (χ3v) is 11.8. The fraction of sp³-hybridized carbons (Fsp3) is 0.870. The number of nitrogens with zero attached hydrogens (tertiary/aromatic N) is 1. The first-order valence-corrected chi connectivity index (χ1v) is 15.7. The molecule has 6 heteroatoms. The Morgan fingerprint density at radius 2 is 1.48 bits per heavy atom. The summed E-state index contributed by atoms with van der Waals surface area (Å²) >= 11 is 0. The van der Waals surface area contributed by atoms with Crippen molar-refractivity contribution in [3.05, 3.63) is 0 Å². The molecule has 0 aromatic carbocycles. The van der Waals surface area contributed by atoms with Gasteiger partial charge in [0.25, 0.3) is 5.91 Å². The van der Waals surface area contributed by atoms with E-state index in [0.717, 1.165) is 45.1 Å². The molecule has 0 N–H and O–H groups in total. The molecule has 0 aliphatic heterocycles. The maximum atomic E-state index is 11.9. The molecule has 0 aromatic heterocycles. The van der Waals surface area contributed by atoms with E-state index in [4.69, 9.17) is 8.85 Å². The first kappa shape index (κ1) is 28.4. The van der Waals surface area contributed by atoms with Crippen LogP contribution in [0.15, 0.2) is 0 Å². The van der Waals surface area contributed by atoms with Crippen LogP contribution in [0.2, 0.25) is 23.2 Å². The van der Waals surface area contributed by atoms with E-state index in [1.807, 2.05) is 7.05 Å². The van der Waals surface area contributed by atoms with Crippen molar-refractivity contribution in [1.29, 1.82) is 0 Å². The van der Waals surface area contributed by atoms with Crippen molar-refractivity contribution in [2.45, 2.75) is 116 Å². The normalized spacial score (nSPS) is 15.2. The van der Waals surface area contributed by atoms with Crippen LogP contribution >= 0.6 is 0 Å². The van der Waals surface area contributed by atoms with Crippen molar-refractivity contribution >= 4 is 24.0 Å². The third kappa shape index (κ3) is 13.3. The van der Waals surface area contributed by atoms with Gasteiger partial charge in [-0.2, -0.15) is 0 Å². The molecule has 0 radical (unpaired) electrons. The summed E-state index contributed by atoms with van der Waals surface area (Å²) in [5.74, 6) is 5.74. The van der Waals surface area contributed by atoms with E-state index in [1.165, 1.54) is 0 Å². The van der Waals surface area contributed by atoms with Gasteiger partial charge >= 0.3 is 0 Å². The zero-order chi connectivity index (χ0) is 22.7. The predicted octanol–water partition coefficient (Wildman–Crippen LogP) is 5.48. The van der Waals surface area contributed by atoms with Crippen molar-refractivity contribution in [1.82, 2.24) is 4.90 Å². The standard InChI is InChI=1S/C23H47NO3Si2/c1-11-12-19-24(8)20(25)17-15-13-14-16-18-21(26-28(9)22(2,3)4)27-29(10)23(5,6)7/h21,28-29H,11-14,16,18-19H2,1-10H3. The number of rotatable bonds is 11. The fourth-order valence-electron chi connectivity index (χ4n) is 2.29. The number of unbranched alkanes of at least 4 members (excludes halogenated alkanes) is 3. The summed E-state index contributed by atoms with van der Waals surface area (Å²) in [6.07, 6.45) is 5.66. The minimum absolute atomic E-state index is 0.0713. The molecule has 0 fully saturated rings. The molecule has 0 aliphatic rings. The van der Waals surface area contributed by atoms with E-state index in [2.05, 4.69) is 73.4 Å². The predicted molar refractivity (Wildman–Crippen MR) is 130 cm³/mol. The van der Waals surface area contributed by atoms with E-state index in [0.29, 0.717) is 0 Å². The Morgan fingerprint density at radius 3 is 1.93 bits per heavy atom. The number of hydrogen-bond acceptors (Lipinski definition) is 3. The number of carbonyl (C=O) groups is 1. The van der Waals surface area contributed by atoms with E-state index < -0.39 is 18.1 Å². The number of amides is 1. The second-order valence-corrected chi connectivity index (χ2v) is 16.9. The average molecular weight is 442 g/mol. The number of carbonyl (C=O) groups excluding carboxylic acids is 1. The SMILES string of the molecule is CCCCN(C)C(=O)C#CCCCCC(O[SiH](C)C(C)(C)C)O[SiH](C)C(C)(C)C. The van der Waals surface area contributed by atoms with Gasteiger partial charge in [0.15, 0.2) is 18.1 Å². The van der Waals surface area contributed by atoms with Gasteiger partial charge in [0.05, 0.1) is 0 Å². The summed E-state index contributed by atoms with van der Waals surface area (Å²) in [5.41, 5.74) is 0. The third-order valence-electron chi connectivity index (χ3n) is 5.53. The highest BCUT2D eigenvalue weighted by Gasteiger charge is 2.30. The molecule has 1 amide bonds. The molecule has 29 heavy (non-hydrogen) atoms. The Labute approximate surface area is 184 Å². The van der Waals surface area contributed by atoms with E-state index in [-0.39, 0.29) is 22.3 Å². The molecule has 0 heterocycles. The average Bonchev–Trinajstić information content (AvgIpc) is 2.60. The van der Waals surface area contributed by atoms with Crippen LogP contribution in [0.25, 0.3) is 0 Å². The Hall–Kier alpha value is -0.616. The van der Waals surface area contributed by atoms with Crippen molar-refractivity contribution in [3.8, 4) is 11.8 Å². The van der Waals surface area contributed by atoms with E-state index in [1.54, 1.807) is 4.90 Å². The Kier molecular flexibility index (Phi) is 13.3. The summed E-state index contributed by atoms with van der Waals surface area (Å²) in [6, 6.07) is 0. The lowest BCUT2D eigenvalue weighted by Crippen LogP contribution is -2.38. The zero-order valence-corrected chi connectivity index (χ0v) is 23.2. The van der Waals surface area contributed by atoms with Gasteiger partial charge < -0.3 is 13.8 Å². The lowest BCUT2D eigenvalue weighted by atomic mass is 10.2. The summed E-state index contributed by atoms with van der Waals surface area (Å²) in [6.45, 7) is 21.0. The fourth-order valence-corrected chi connectivity index (χ4v) is 4.54. The molecule has 0 spiro atoms. The molecule has 0 saturated heterocycles. The van der Waals surface area contributed by atoms with Crippen LogP contribution in [-0.2, 0) is 13.6 Å². The molecule has 0 aromatic rings. The van der Waals surface area contributed by atoms with Gasteiger partial charge in [-0.05, 0) is 54.8 Å². The molecule has 0 bridgehead atoms. The Bertz CT molecular complexity index is 507. The smallest absolute Gasteiger partial charge is 0.298 e. The van der Waals surface area contributed by atoms with Gasteiger partial charge in [-0.15, -0.1) is 0 Å². The quantitative estimate of drug-likeness (QED) is 0.184. The maximum absolute atomic E-state index is 11.9. The zero-order valence-electron chi connectivity index (χ0n) is 20.9. The van der Waals surface area contributed by atoms with E-state index in [9.17, 15) is 4.79 Å². The second-order valence-electron chi connectivity index (χ2n) is 10.3. The highest BCUT2D eigenvalue weighted by Crippen LogP contribution is 2.32. The first-order valence-electron chi connectivity index (χ1n) is 11.3. The highest BCUT2D eigenvalue weighted by atomic mass is 28.3. The van der Waals surface area contributed by atoms with Crippen LogP contribution in [0.3, 0.4) is 0 Å². The molecule has 0 saturated carbocycles. The Morgan fingerprint density at radius 1 is 0.966 bits per heavy atom. The second kappa shape index (κ2) is 13.6. The maximum Gasteiger partial charge on any atom is 0.298 e. The van der Waals surface area contributed by atoms with Crippen LogP contribution in [0, 0.1) is 11.8 Å². The summed E-state index contributed by atoms with van der Waals surface area (Å²) in [5, 5.41) is 0.452. The lowest BCUT2D eigenvalue weighted by Gasteiger charge is -2.34. The van der Waals surface area contributed by atoms with Crippen LogP contribution in [0.1, 0.15) is 87.0 Å². The molecule has 0 rings (SSSR count). The van der Waals surface area contributed by atoms with Crippen LogP contribution < -0.4 is 0 Å². The van der Waals surface area contributed by atoms with Crippen molar-refractivity contribution < 1.29 is 13.6 Å².